The van der Waals surface area contributed by atoms with Crippen LogP contribution < -0.4 is 5.56 Å². The molecule has 0 spiro atoms. The summed E-state index contributed by atoms with van der Waals surface area (Å²) in [6.07, 6.45) is 5.04. The number of likely N-dealkylation sites (tertiary alicyclic amines) is 2. The van der Waals surface area contributed by atoms with E-state index >= 15 is 0 Å². The summed E-state index contributed by atoms with van der Waals surface area (Å²) in [6.45, 7) is 5.01. The molecule has 1 aromatic heterocycles. The molecule has 0 radical (unpaired) electrons. The molecule has 0 aromatic carbocycles. The largest absolute Gasteiger partial charge is 0.342 e. The van der Waals surface area contributed by atoms with Crippen LogP contribution in [0.3, 0.4) is 0 Å². The van der Waals surface area contributed by atoms with Crippen molar-refractivity contribution >= 4 is 23.4 Å². The maximum absolute atomic E-state index is 12.7. The fraction of sp³-hybridized carbons (Fsp3) is 0.611. The van der Waals surface area contributed by atoms with Gasteiger partial charge in [-0.1, -0.05) is 18.5 Å². The zero-order valence-electron chi connectivity index (χ0n) is 14.5. The highest BCUT2D eigenvalue weighted by Crippen LogP contribution is 2.24. The van der Waals surface area contributed by atoms with Crippen LogP contribution in [-0.4, -0.2) is 52.8 Å². The van der Waals surface area contributed by atoms with Crippen LogP contribution in [0, 0.1) is 11.8 Å². The number of piperidine rings is 2. The average Bonchev–Trinajstić information content (AvgIpc) is 2.63. The van der Waals surface area contributed by atoms with Crippen LogP contribution in [-0.2, 0) is 4.79 Å². The highest BCUT2D eigenvalue weighted by Gasteiger charge is 2.32. The Kier molecular flexibility index (Phi) is 5.47. The lowest BCUT2D eigenvalue weighted by Gasteiger charge is -2.37. The first-order valence-electron chi connectivity index (χ1n) is 8.92. The Morgan fingerprint density at radius 3 is 2.52 bits per heavy atom. The van der Waals surface area contributed by atoms with Crippen molar-refractivity contribution in [3.8, 4) is 0 Å². The van der Waals surface area contributed by atoms with E-state index in [1.165, 1.54) is 18.7 Å². The molecule has 25 heavy (non-hydrogen) atoms. The Morgan fingerprint density at radius 1 is 1.16 bits per heavy atom. The summed E-state index contributed by atoms with van der Waals surface area (Å²) in [7, 11) is 0. The van der Waals surface area contributed by atoms with Gasteiger partial charge in [-0.2, -0.15) is 0 Å². The fourth-order valence-corrected chi connectivity index (χ4v) is 3.91. The minimum Gasteiger partial charge on any atom is -0.342 e. The predicted molar refractivity (Wildman–Crippen MR) is 95.7 cm³/mol. The molecule has 2 fully saturated rings. The number of pyridine rings is 1. The number of carbonyl (C=O) groups is 2. The molecule has 2 amide bonds. The van der Waals surface area contributed by atoms with Crippen molar-refractivity contribution in [2.45, 2.75) is 32.6 Å². The summed E-state index contributed by atoms with van der Waals surface area (Å²) in [5.41, 5.74) is -0.0301. The molecule has 0 saturated carbocycles. The molecule has 6 nitrogen and oxygen atoms in total. The molecule has 1 atom stereocenters. The standard InChI is InChI=1S/C18H24ClN3O3/c1-12-3-2-6-22(11-12)17(24)13-4-7-21(8-5-13)18(25)14-9-15(19)16(23)20-10-14/h9-10,12-13H,2-8,11H2,1H3,(H,20,23)/t12-/m0/s1. The van der Waals surface area contributed by atoms with Gasteiger partial charge in [0, 0.05) is 38.3 Å². The second kappa shape index (κ2) is 7.60. The average molecular weight is 366 g/mol. The van der Waals surface area contributed by atoms with E-state index in [1.807, 2.05) is 4.90 Å². The minimum absolute atomic E-state index is 0.00789. The van der Waals surface area contributed by atoms with E-state index in [0.717, 1.165) is 19.5 Å². The zero-order chi connectivity index (χ0) is 18.0. The van der Waals surface area contributed by atoms with Gasteiger partial charge in [0.15, 0.2) is 0 Å². The van der Waals surface area contributed by atoms with E-state index < -0.39 is 5.56 Å². The number of H-pyrrole nitrogens is 1. The second-order valence-corrected chi connectivity index (χ2v) is 7.57. The minimum atomic E-state index is -0.404. The number of nitrogens with one attached hydrogen (secondary N) is 1. The van der Waals surface area contributed by atoms with Crippen molar-refractivity contribution in [3.63, 3.8) is 0 Å². The highest BCUT2D eigenvalue weighted by atomic mass is 35.5. The third-order valence-electron chi connectivity index (χ3n) is 5.20. The van der Waals surface area contributed by atoms with Gasteiger partial charge >= 0.3 is 0 Å². The van der Waals surface area contributed by atoms with Crippen molar-refractivity contribution in [2.24, 2.45) is 11.8 Å². The lowest BCUT2D eigenvalue weighted by molar-refractivity contribution is -0.138. The van der Waals surface area contributed by atoms with E-state index in [0.29, 0.717) is 37.4 Å². The van der Waals surface area contributed by atoms with Gasteiger partial charge in [0.1, 0.15) is 5.02 Å². The van der Waals surface area contributed by atoms with Gasteiger partial charge in [-0.25, -0.2) is 0 Å². The van der Waals surface area contributed by atoms with Crippen LogP contribution in [0.5, 0.6) is 0 Å². The van der Waals surface area contributed by atoms with Gasteiger partial charge in [0.2, 0.25) is 5.91 Å². The van der Waals surface area contributed by atoms with Crippen LogP contribution >= 0.6 is 11.6 Å². The lowest BCUT2D eigenvalue weighted by atomic mass is 9.92. The molecule has 2 aliphatic rings. The fourth-order valence-electron chi connectivity index (χ4n) is 3.74. The van der Waals surface area contributed by atoms with Crippen LogP contribution in [0.4, 0.5) is 0 Å². The number of hydrogen-bond donors (Lipinski definition) is 1. The summed E-state index contributed by atoms with van der Waals surface area (Å²) in [4.78, 5) is 42.7. The van der Waals surface area contributed by atoms with Crippen LogP contribution in [0.25, 0.3) is 0 Å². The first kappa shape index (κ1) is 18.0. The molecule has 2 saturated heterocycles. The van der Waals surface area contributed by atoms with Gasteiger partial charge in [-0.05, 0) is 37.7 Å². The molecule has 1 N–H and O–H groups in total. The molecule has 7 heteroatoms. The van der Waals surface area contributed by atoms with E-state index in [-0.39, 0.29) is 22.8 Å². The molecule has 3 rings (SSSR count). The molecule has 2 aliphatic heterocycles. The first-order chi connectivity index (χ1) is 12.0. The van der Waals surface area contributed by atoms with Crippen molar-refractivity contribution in [1.29, 1.82) is 0 Å². The van der Waals surface area contributed by atoms with Crippen LogP contribution in [0.1, 0.15) is 43.0 Å². The molecule has 3 heterocycles. The zero-order valence-corrected chi connectivity index (χ0v) is 15.2. The highest BCUT2D eigenvalue weighted by molar-refractivity contribution is 6.30. The third-order valence-corrected chi connectivity index (χ3v) is 5.49. The first-order valence-corrected chi connectivity index (χ1v) is 9.30. The topological polar surface area (TPSA) is 73.5 Å². The van der Waals surface area contributed by atoms with E-state index in [4.69, 9.17) is 11.6 Å². The smallest absolute Gasteiger partial charge is 0.266 e. The van der Waals surface area contributed by atoms with E-state index in [1.54, 1.807) is 4.90 Å². The number of nitrogens with zero attached hydrogens (tertiary/aromatic N) is 2. The Bertz CT molecular complexity index is 710. The summed E-state index contributed by atoms with van der Waals surface area (Å²) < 4.78 is 0. The van der Waals surface area contributed by atoms with Crippen molar-refractivity contribution < 1.29 is 9.59 Å². The van der Waals surface area contributed by atoms with Gasteiger partial charge in [0.05, 0.1) is 5.56 Å². The number of carbonyl (C=O) groups excluding carboxylic acids is 2. The number of halogens is 1. The quantitative estimate of drug-likeness (QED) is 0.872. The van der Waals surface area contributed by atoms with Gasteiger partial charge < -0.3 is 14.8 Å². The molecule has 1 aromatic rings. The molecule has 136 valence electrons. The van der Waals surface area contributed by atoms with Gasteiger partial charge in [-0.3, -0.25) is 14.4 Å². The molecule has 0 unspecified atom stereocenters. The molecular weight excluding hydrogens is 342 g/mol. The summed E-state index contributed by atoms with van der Waals surface area (Å²) in [5.74, 6) is 0.666. The molecule has 0 bridgehead atoms. The normalized spacial score (nSPS) is 22.1. The van der Waals surface area contributed by atoms with Gasteiger partial charge in [0.25, 0.3) is 11.5 Å². The lowest BCUT2D eigenvalue weighted by Crippen LogP contribution is -2.47. The number of amides is 2. The summed E-state index contributed by atoms with van der Waals surface area (Å²) in [6, 6.07) is 1.40. The van der Waals surface area contributed by atoms with Crippen LogP contribution in [0.15, 0.2) is 17.1 Å². The van der Waals surface area contributed by atoms with Crippen molar-refractivity contribution in [2.75, 3.05) is 26.2 Å². The Labute approximate surface area is 152 Å². The number of aromatic amines is 1. The Morgan fingerprint density at radius 2 is 1.88 bits per heavy atom. The molecule has 0 aliphatic carbocycles. The van der Waals surface area contributed by atoms with Crippen LogP contribution in [0.2, 0.25) is 5.02 Å². The Balaban J connectivity index is 1.57. The maximum Gasteiger partial charge on any atom is 0.266 e. The number of rotatable bonds is 2. The predicted octanol–water partition coefficient (Wildman–Crippen LogP) is 2.14. The monoisotopic (exact) mass is 365 g/mol. The van der Waals surface area contributed by atoms with E-state index in [9.17, 15) is 14.4 Å². The Hall–Kier alpha value is -1.82. The maximum atomic E-state index is 12.7. The van der Waals surface area contributed by atoms with Crippen molar-refractivity contribution in [1.82, 2.24) is 14.8 Å². The van der Waals surface area contributed by atoms with Crippen molar-refractivity contribution in [3.05, 3.63) is 33.2 Å². The molecular formula is C18H24ClN3O3. The third kappa shape index (κ3) is 4.06. The SMILES string of the molecule is C[C@H]1CCCN(C(=O)C2CCN(C(=O)c3c[nH]c(=O)c(Cl)c3)CC2)C1. The number of aromatic nitrogens is 1. The second-order valence-electron chi connectivity index (χ2n) is 7.16. The van der Waals surface area contributed by atoms with E-state index in [2.05, 4.69) is 11.9 Å². The summed E-state index contributed by atoms with van der Waals surface area (Å²) >= 11 is 5.79. The number of hydrogen-bond acceptors (Lipinski definition) is 3. The van der Waals surface area contributed by atoms with Gasteiger partial charge in [-0.15, -0.1) is 0 Å². The summed E-state index contributed by atoms with van der Waals surface area (Å²) in [5, 5.41) is 0.00938.